The van der Waals surface area contributed by atoms with E-state index in [1.54, 1.807) is 0 Å². The standard InChI is InChI=1S/C20H31N3O/c1-17-11-21(9-10-24-17)7-8-22-13-19-15-23(16-20(19)14-22)12-18-5-3-2-4-6-18/h2-6,17,19-20H,7-16H2,1H3/t17-,19-,20+/m1/s1. The van der Waals surface area contributed by atoms with Crippen LogP contribution in [-0.4, -0.2) is 79.8 Å². The fourth-order valence-corrected chi connectivity index (χ4v) is 4.72. The Balaban J connectivity index is 1.20. The fourth-order valence-electron chi connectivity index (χ4n) is 4.72. The number of hydrogen-bond acceptors (Lipinski definition) is 4. The van der Waals surface area contributed by atoms with Gasteiger partial charge in [-0.05, 0) is 24.3 Å². The van der Waals surface area contributed by atoms with Crippen molar-refractivity contribution in [1.29, 1.82) is 0 Å². The molecule has 132 valence electrons. The van der Waals surface area contributed by atoms with Crippen LogP contribution in [0, 0.1) is 11.8 Å². The maximum atomic E-state index is 5.64. The molecule has 0 aliphatic carbocycles. The molecule has 0 saturated carbocycles. The van der Waals surface area contributed by atoms with Crippen molar-refractivity contribution in [3.63, 3.8) is 0 Å². The number of fused-ring (bicyclic) bond motifs is 1. The summed E-state index contributed by atoms with van der Waals surface area (Å²) in [5.74, 6) is 1.77. The summed E-state index contributed by atoms with van der Waals surface area (Å²) in [6.07, 6.45) is 0.406. The predicted octanol–water partition coefficient (Wildman–Crippen LogP) is 1.77. The van der Waals surface area contributed by atoms with E-state index in [2.05, 4.69) is 52.0 Å². The van der Waals surface area contributed by atoms with Crippen LogP contribution >= 0.6 is 0 Å². The molecule has 3 heterocycles. The molecule has 4 rings (SSSR count). The minimum atomic E-state index is 0.406. The summed E-state index contributed by atoms with van der Waals surface area (Å²) in [5, 5.41) is 0. The maximum Gasteiger partial charge on any atom is 0.0674 e. The normalized spacial score (nSPS) is 32.3. The summed E-state index contributed by atoms with van der Waals surface area (Å²) in [5.41, 5.74) is 1.45. The molecule has 3 fully saturated rings. The third kappa shape index (κ3) is 3.99. The van der Waals surface area contributed by atoms with Gasteiger partial charge in [-0.1, -0.05) is 30.3 Å². The van der Waals surface area contributed by atoms with Gasteiger partial charge < -0.3 is 9.64 Å². The Hall–Kier alpha value is -0.940. The molecule has 3 aliphatic rings. The average molecular weight is 329 g/mol. The summed E-state index contributed by atoms with van der Waals surface area (Å²) >= 11 is 0. The first-order valence-electron chi connectivity index (χ1n) is 9.59. The van der Waals surface area contributed by atoms with Crippen LogP contribution < -0.4 is 0 Å². The molecule has 0 amide bonds. The van der Waals surface area contributed by atoms with Gasteiger partial charge >= 0.3 is 0 Å². The fraction of sp³-hybridized carbons (Fsp3) is 0.700. The number of nitrogens with zero attached hydrogens (tertiary/aromatic N) is 3. The van der Waals surface area contributed by atoms with Crippen LogP contribution in [-0.2, 0) is 11.3 Å². The van der Waals surface area contributed by atoms with E-state index < -0.39 is 0 Å². The van der Waals surface area contributed by atoms with Gasteiger partial charge in [-0.2, -0.15) is 0 Å². The van der Waals surface area contributed by atoms with Crippen molar-refractivity contribution in [3.8, 4) is 0 Å². The minimum Gasteiger partial charge on any atom is -0.376 e. The Morgan fingerprint density at radius 3 is 2.25 bits per heavy atom. The highest BCUT2D eigenvalue weighted by molar-refractivity contribution is 5.15. The summed E-state index contributed by atoms with van der Waals surface area (Å²) in [6.45, 7) is 14.0. The number of hydrogen-bond donors (Lipinski definition) is 0. The van der Waals surface area contributed by atoms with Gasteiger partial charge in [-0.3, -0.25) is 9.80 Å². The van der Waals surface area contributed by atoms with Crippen LogP contribution in [0.4, 0.5) is 0 Å². The van der Waals surface area contributed by atoms with E-state index in [-0.39, 0.29) is 0 Å². The summed E-state index contributed by atoms with van der Waals surface area (Å²) < 4.78 is 5.64. The second-order valence-electron chi connectivity index (χ2n) is 7.94. The van der Waals surface area contributed by atoms with Gasteiger partial charge in [0, 0.05) is 58.9 Å². The molecule has 4 nitrogen and oxygen atoms in total. The molecule has 1 aromatic carbocycles. The monoisotopic (exact) mass is 329 g/mol. The van der Waals surface area contributed by atoms with E-state index in [9.17, 15) is 0 Å². The molecule has 0 bridgehead atoms. The van der Waals surface area contributed by atoms with E-state index in [0.717, 1.165) is 38.1 Å². The molecule has 24 heavy (non-hydrogen) atoms. The van der Waals surface area contributed by atoms with Crippen LogP contribution in [0.25, 0.3) is 0 Å². The third-order valence-electron chi connectivity index (χ3n) is 5.94. The Morgan fingerprint density at radius 2 is 1.54 bits per heavy atom. The van der Waals surface area contributed by atoms with Gasteiger partial charge in [0.15, 0.2) is 0 Å². The molecule has 0 aromatic heterocycles. The van der Waals surface area contributed by atoms with Crippen LogP contribution in [0.3, 0.4) is 0 Å². The Labute approximate surface area is 146 Å². The molecule has 4 heteroatoms. The number of rotatable bonds is 5. The van der Waals surface area contributed by atoms with Crippen LogP contribution in [0.15, 0.2) is 30.3 Å². The zero-order chi connectivity index (χ0) is 16.4. The summed E-state index contributed by atoms with van der Waals surface area (Å²) in [7, 11) is 0. The number of ether oxygens (including phenoxy) is 1. The lowest BCUT2D eigenvalue weighted by atomic mass is 10.0. The maximum absolute atomic E-state index is 5.64. The third-order valence-corrected chi connectivity index (χ3v) is 5.94. The Morgan fingerprint density at radius 1 is 0.875 bits per heavy atom. The molecule has 1 aromatic rings. The quantitative estimate of drug-likeness (QED) is 0.819. The number of likely N-dealkylation sites (tertiary alicyclic amines) is 2. The summed E-state index contributed by atoms with van der Waals surface area (Å²) in [4.78, 5) is 7.94. The molecule has 3 saturated heterocycles. The van der Waals surface area contributed by atoms with Crippen molar-refractivity contribution in [1.82, 2.24) is 14.7 Å². The first-order valence-corrected chi connectivity index (χ1v) is 9.59. The van der Waals surface area contributed by atoms with E-state index in [1.165, 1.54) is 44.8 Å². The van der Waals surface area contributed by atoms with E-state index in [4.69, 9.17) is 4.74 Å². The van der Waals surface area contributed by atoms with Gasteiger partial charge in [-0.25, -0.2) is 0 Å². The highest BCUT2D eigenvalue weighted by atomic mass is 16.5. The van der Waals surface area contributed by atoms with Gasteiger partial charge in [-0.15, -0.1) is 0 Å². The SMILES string of the molecule is C[C@@H]1CN(CCN2C[C@@H]3CN(Cc4ccccc4)C[C@@H]3C2)CCO1. The second kappa shape index (κ2) is 7.52. The highest BCUT2D eigenvalue weighted by Gasteiger charge is 2.39. The van der Waals surface area contributed by atoms with Gasteiger partial charge in [0.1, 0.15) is 0 Å². The lowest BCUT2D eigenvalue weighted by molar-refractivity contribution is -0.0203. The first-order chi connectivity index (χ1) is 11.8. The first kappa shape index (κ1) is 16.5. The lowest BCUT2D eigenvalue weighted by Gasteiger charge is -2.32. The molecule has 0 unspecified atom stereocenters. The van der Waals surface area contributed by atoms with Crippen molar-refractivity contribution >= 4 is 0 Å². The molecular weight excluding hydrogens is 298 g/mol. The highest BCUT2D eigenvalue weighted by Crippen LogP contribution is 2.31. The van der Waals surface area contributed by atoms with E-state index in [1.807, 2.05) is 0 Å². The van der Waals surface area contributed by atoms with Crippen molar-refractivity contribution in [3.05, 3.63) is 35.9 Å². The smallest absolute Gasteiger partial charge is 0.0674 e. The Kier molecular flexibility index (Phi) is 5.18. The van der Waals surface area contributed by atoms with Gasteiger partial charge in [0.2, 0.25) is 0 Å². The van der Waals surface area contributed by atoms with Crippen molar-refractivity contribution in [2.45, 2.75) is 19.6 Å². The molecule has 0 N–H and O–H groups in total. The van der Waals surface area contributed by atoms with Gasteiger partial charge in [0.25, 0.3) is 0 Å². The topological polar surface area (TPSA) is 19.0 Å². The largest absolute Gasteiger partial charge is 0.376 e. The number of benzene rings is 1. The van der Waals surface area contributed by atoms with Crippen LogP contribution in [0.1, 0.15) is 12.5 Å². The molecule has 0 spiro atoms. The van der Waals surface area contributed by atoms with Crippen LogP contribution in [0.5, 0.6) is 0 Å². The van der Waals surface area contributed by atoms with Crippen LogP contribution in [0.2, 0.25) is 0 Å². The molecule has 3 atom stereocenters. The minimum absolute atomic E-state index is 0.406. The molecule has 0 radical (unpaired) electrons. The average Bonchev–Trinajstić information content (AvgIpc) is 3.12. The zero-order valence-corrected chi connectivity index (χ0v) is 14.9. The lowest BCUT2D eigenvalue weighted by Crippen LogP contribution is -2.44. The second-order valence-corrected chi connectivity index (χ2v) is 7.94. The van der Waals surface area contributed by atoms with Crippen molar-refractivity contribution in [2.75, 3.05) is 59.0 Å². The molecular formula is C20H31N3O. The summed E-state index contributed by atoms with van der Waals surface area (Å²) in [6, 6.07) is 10.9. The van der Waals surface area contributed by atoms with Crippen molar-refractivity contribution < 1.29 is 4.74 Å². The molecule has 3 aliphatic heterocycles. The van der Waals surface area contributed by atoms with Gasteiger partial charge in [0.05, 0.1) is 12.7 Å². The zero-order valence-electron chi connectivity index (χ0n) is 14.9. The number of morpholine rings is 1. The van der Waals surface area contributed by atoms with E-state index in [0.29, 0.717) is 6.10 Å². The predicted molar refractivity (Wildman–Crippen MR) is 97.0 cm³/mol. The Bertz CT molecular complexity index is 509. The van der Waals surface area contributed by atoms with E-state index >= 15 is 0 Å². The van der Waals surface area contributed by atoms with Crippen molar-refractivity contribution in [2.24, 2.45) is 11.8 Å².